The maximum Gasteiger partial charge on any atom is 0.242 e. The summed E-state index contributed by atoms with van der Waals surface area (Å²) < 4.78 is 28.5. The van der Waals surface area contributed by atoms with E-state index >= 15 is 0 Å². The highest BCUT2D eigenvalue weighted by molar-refractivity contribution is 9.11. The van der Waals surface area contributed by atoms with Gasteiger partial charge in [0.2, 0.25) is 10.0 Å². The predicted molar refractivity (Wildman–Crippen MR) is 90.1 cm³/mol. The van der Waals surface area contributed by atoms with Gasteiger partial charge >= 0.3 is 0 Å². The van der Waals surface area contributed by atoms with E-state index in [1.807, 2.05) is 30.3 Å². The quantitative estimate of drug-likeness (QED) is 0.709. The third-order valence-corrected chi connectivity index (χ3v) is 6.71. The Hall–Kier alpha value is -0.210. The van der Waals surface area contributed by atoms with E-state index in [1.165, 1.54) is 11.3 Å². The number of halogens is 2. The first-order chi connectivity index (χ1) is 9.44. The summed E-state index contributed by atoms with van der Waals surface area (Å²) in [6.45, 7) is 1.80. The first-order valence-electron chi connectivity index (χ1n) is 5.83. The number of hydrogen-bond donors (Lipinski definition) is 1. The zero-order chi connectivity index (χ0) is 14.8. The molecule has 0 spiro atoms. The Morgan fingerprint density at radius 1 is 1.30 bits per heavy atom. The SMILES string of the molecule is Cc1sc(Br)cc1S(=O)(=O)NC(CBr)c1ccccc1. The van der Waals surface area contributed by atoms with Crippen LogP contribution in [0, 0.1) is 6.92 Å². The van der Waals surface area contributed by atoms with Crippen LogP contribution in [0.25, 0.3) is 0 Å². The van der Waals surface area contributed by atoms with Gasteiger partial charge < -0.3 is 0 Å². The van der Waals surface area contributed by atoms with Gasteiger partial charge in [-0.1, -0.05) is 46.3 Å². The summed E-state index contributed by atoms with van der Waals surface area (Å²) in [6.07, 6.45) is 0. The third-order valence-electron chi connectivity index (χ3n) is 2.79. The zero-order valence-corrected chi connectivity index (χ0v) is 15.4. The second-order valence-corrected chi connectivity index (χ2v) is 9.18. The molecule has 1 aromatic heterocycles. The standard InChI is InChI=1S/C13H13Br2NO2S2/c1-9-12(7-13(15)19-9)20(17,18)16-11(8-14)10-5-3-2-4-6-10/h2-7,11,16H,8H2,1H3. The number of nitrogens with one attached hydrogen (secondary N) is 1. The Balaban J connectivity index is 2.29. The van der Waals surface area contributed by atoms with E-state index in [4.69, 9.17) is 0 Å². The molecule has 0 radical (unpaired) electrons. The number of rotatable bonds is 5. The first kappa shape index (κ1) is 16.2. The molecule has 0 bridgehead atoms. The molecular weight excluding hydrogens is 426 g/mol. The average Bonchev–Trinajstić information content (AvgIpc) is 2.77. The molecule has 0 aliphatic rings. The van der Waals surface area contributed by atoms with Crippen LogP contribution in [0.3, 0.4) is 0 Å². The van der Waals surface area contributed by atoms with Crippen LogP contribution in [0.4, 0.5) is 0 Å². The van der Waals surface area contributed by atoms with Crippen LogP contribution in [-0.2, 0) is 10.0 Å². The number of sulfonamides is 1. The van der Waals surface area contributed by atoms with E-state index in [9.17, 15) is 8.42 Å². The highest BCUT2D eigenvalue weighted by atomic mass is 79.9. The summed E-state index contributed by atoms with van der Waals surface area (Å²) in [7, 11) is -3.53. The number of benzene rings is 1. The van der Waals surface area contributed by atoms with Crippen molar-refractivity contribution in [2.24, 2.45) is 0 Å². The van der Waals surface area contributed by atoms with Gasteiger partial charge in [-0.3, -0.25) is 0 Å². The topological polar surface area (TPSA) is 46.2 Å². The van der Waals surface area contributed by atoms with Crippen LogP contribution in [0.5, 0.6) is 0 Å². The number of aryl methyl sites for hydroxylation is 1. The maximum atomic E-state index is 12.5. The van der Waals surface area contributed by atoms with Crippen molar-refractivity contribution in [3.63, 3.8) is 0 Å². The minimum absolute atomic E-state index is 0.292. The molecule has 0 aliphatic carbocycles. The summed E-state index contributed by atoms with van der Waals surface area (Å²) in [6, 6.07) is 10.9. The van der Waals surface area contributed by atoms with Gasteiger partial charge in [0.25, 0.3) is 0 Å². The van der Waals surface area contributed by atoms with Crippen LogP contribution in [0.15, 0.2) is 45.1 Å². The molecule has 0 amide bonds. The largest absolute Gasteiger partial charge is 0.242 e. The van der Waals surface area contributed by atoms with Gasteiger partial charge in [0.1, 0.15) is 0 Å². The van der Waals surface area contributed by atoms with Crippen molar-refractivity contribution in [2.45, 2.75) is 17.9 Å². The van der Waals surface area contributed by atoms with E-state index in [-0.39, 0.29) is 6.04 Å². The fraction of sp³-hybridized carbons (Fsp3) is 0.231. The van der Waals surface area contributed by atoms with Crippen molar-refractivity contribution in [3.8, 4) is 0 Å². The molecule has 0 saturated heterocycles. The smallest absolute Gasteiger partial charge is 0.207 e. The van der Waals surface area contributed by atoms with Gasteiger partial charge in [0.05, 0.1) is 14.7 Å². The van der Waals surface area contributed by atoms with Gasteiger partial charge in [0, 0.05) is 10.2 Å². The molecule has 0 saturated carbocycles. The molecular formula is C13H13Br2NO2S2. The number of thiophene rings is 1. The van der Waals surface area contributed by atoms with E-state index in [0.717, 1.165) is 14.2 Å². The monoisotopic (exact) mass is 437 g/mol. The summed E-state index contributed by atoms with van der Waals surface area (Å²) in [4.78, 5) is 1.10. The molecule has 1 atom stereocenters. The van der Waals surface area contributed by atoms with Crippen molar-refractivity contribution in [3.05, 3.63) is 50.6 Å². The Morgan fingerprint density at radius 2 is 1.95 bits per heavy atom. The molecule has 1 aromatic carbocycles. The lowest BCUT2D eigenvalue weighted by atomic mass is 10.1. The van der Waals surface area contributed by atoms with Crippen LogP contribution >= 0.6 is 43.2 Å². The Kier molecular flexibility index (Phi) is 5.42. The van der Waals surface area contributed by atoms with Crippen LogP contribution in [0.2, 0.25) is 0 Å². The lowest BCUT2D eigenvalue weighted by Gasteiger charge is -2.16. The second-order valence-electron chi connectivity index (χ2n) is 4.21. The molecule has 108 valence electrons. The highest BCUT2D eigenvalue weighted by Crippen LogP contribution is 2.30. The van der Waals surface area contributed by atoms with Crippen molar-refractivity contribution in [1.29, 1.82) is 0 Å². The molecule has 2 rings (SSSR count). The summed E-state index contributed by atoms with van der Waals surface area (Å²) >= 11 is 8.10. The fourth-order valence-corrected chi connectivity index (χ4v) is 6.21. The maximum absolute atomic E-state index is 12.5. The van der Waals surface area contributed by atoms with E-state index in [0.29, 0.717) is 10.2 Å². The molecule has 1 N–H and O–H groups in total. The van der Waals surface area contributed by atoms with E-state index < -0.39 is 10.0 Å². The molecule has 0 fully saturated rings. The normalized spacial score (nSPS) is 13.3. The number of hydrogen-bond acceptors (Lipinski definition) is 3. The van der Waals surface area contributed by atoms with Gasteiger partial charge in [-0.05, 0) is 34.5 Å². The lowest BCUT2D eigenvalue weighted by Crippen LogP contribution is -2.29. The van der Waals surface area contributed by atoms with Gasteiger partial charge in [-0.15, -0.1) is 11.3 Å². The minimum Gasteiger partial charge on any atom is -0.207 e. The zero-order valence-electron chi connectivity index (χ0n) is 10.6. The third kappa shape index (κ3) is 3.71. The summed E-state index contributed by atoms with van der Waals surface area (Å²) in [5.74, 6) is 0. The molecule has 7 heteroatoms. The average molecular weight is 439 g/mol. The van der Waals surface area contributed by atoms with Crippen molar-refractivity contribution in [2.75, 3.05) is 5.33 Å². The lowest BCUT2D eigenvalue weighted by molar-refractivity contribution is 0.568. The molecule has 2 aromatic rings. The highest BCUT2D eigenvalue weighted by Gasteiger charge is 2.23. The van der Waals surface area contributed by atoms with Crippen LogP contribution < -0.4 is 4.72 Å². The Labute approximate surface area is 139 Å². The van der Waals surface area contributed by atoms with Gasteiger partial charge in [-0.2, -0.15) is 0 Å². The summed E-state index contributed by atoms with van der Waals surface area (Å²) in [5, 5.41) is 0.514. The van der Waals surface area contributed by atoms with E-state index in [1.54, 1.807) is 13.0 Å². The predicted octanol–water partition coefficient (Wildman–Crippen LogP) is 4.23. The van der Waals surface area contributed by atoms with Gasteiger partial charge in [-0.25, -0.2) is 13.1 Å². The number of alkyl halides is 1. The van der Waals surface area contributed by atoms with E-state index in [2.05, 4.69) is 36.6 Å². The Morgan fingerprint density at radius 3 is 2.45 bits per heavy atom. The molecule has 1 unspecified atom stereocenters. The molecule has 3 nitrogen and oxygen atoms in total. The molecule has 20 heavy (non-hydrogen) atoms. The van der Waals surface area contributed by atoms with Crippen molar-refractivity contribution < 1.29 is 8.42 Å². The minimum atomic E-state index is -3.53. The van der Waals surface area contributed by atoms with Crippen molar-refractivity contribution in [1.82, 2.24) is 4.72 Å². The van der Waals surface area contributed by atoms with Gasteiger partial charge in [0.15, 0.2) is 0 Å². The van der Waals surface area contributed by atoms with Crippen molar-refractivity contribution >= 4 is 53.2 Å². The Bertz CT molecular complexity index is 684. The molecule has 0 aliphatic heterocycles. The van der Waals surface area contributed by atoms with Crippen LogP contribution in [0.1, 0.15) is 16.5 Å². The van der Waals surface area contributed by atoms with Crippen LogP contribution in [-0.4, -0.2) is 13.7 Å². The fourth-order valence-electron chi connectivity index (χ4n) is 1.82. The molecule has 1 heterocycles. The first-order valence-corrected chi connectivity index (χ1v) is 10.0. The summed E-state index contributed by atoms with van der Waals surface area (Å²) in [5.41, 5.74) is 0.930. The second kappa shape index (κ2) is 6.70.